The molecule has 0 bridgehead atoms. The van der Waals surface area contributed by atoms with Crippen molar-refractivity contribution < 1.29 is 4.79 Å². The highest BCUT2D eigenvalue weighted by Crippen LogP contribution is 2.21. The van der Waals surface area contributed by atoms with Gasteiger partial charge < -0.3 is 0 Å². The molecule has 0 heterocycles. The van der Waals surface area contributed by atoms with Gasteiger partial charge in [0.05, 0.1) is 5.02 Å². The Morgan fingerprint density at radius 1 is 1.38 bits per heavy atom. The second-order valence-electron chi connectivity index (χ2n) is 3.53. The van der Waals surface area contributed by atoms with Crippen molar-refractivity contribution in [1.29, 1.82) is 0 Å². The summed E-state index contributed by atoms with van der Waals surface area (Å²) < 4.78 is 0. The van der Waals surface area contributed by atoms with Gasteiger partial charge in [-0.25, -0.2) is 0 Å². The molecule has 0 aliphatic rings. The lowest BCUT2D eigenvalue weighted by molar-refractivity contribution is 0.104. The van der Waals surface area contributed by atoms with Crippen molar-refractivity contribution in [3.63, 3.8) is 0 Å². The molecule has 1 aromatic rings. The van der Waals surface area contributed by atoms with Gasteiger partial charge in [-0.15, -0.1) is 0 Å². The lowest BCUT2D eigenvalue weighted by Crippen LogP contribution is -1.95. The van der Waals surface area contributed by atoms with Crippen molar-refractivity contribution in [2.24, 2.45) is 0 Å². The fourth-order valence-corrected chi connectivity index (χ4v) is 1.79. The second-order valence-corrected chi connectivity index (χ2v) is 4.38. The normalized spacial score (nSPS) is 10.9. The number of benzene rings is 1. The summed E-state index contributed by atoms with van der Waals surface area (Å²) in [4.78, 5) is 11.7. The quantitative estimate of drug-likeness (QED) is 0.415. The number of hydrogen-bond acceptors (Lipinski definition) is 1. The van der Waals surface area contributed by atoms with Gasteiger partial charge in [-0.1, -0.05) is 49.0 Å². The minimum atomic E-state index is -0.0715. The van der Waals surface area contributed by atoms with Crippen molar-refractivity contribution in [3.05, 3.63) is 46.0 Å². The molecule has 0 saturated carbocycles. The number of carbonyl (C=O) groups is 1. The first kappa shape index (κ1) is 13.3. The highest BCUT2D eigenvalue weighted by Gasteiger charge is 2.07. The van der Waals surface area contributed by atoms with Crippen LogP contribution >= 0.6 is 23.2 Å². The van der Waals surface area contributed by atoms with Crippen LogP contribution in [0.4, 0.5) is 0 Å². The molecule has 1 aromatic carbocycles. The zero-order valence-electron chi connectivity index (χ0n) is 9.17. The molecule has 1 nitrogen and oxygen atoms in total. The topological polar surface area (TPSA) is 17.1 Å². The first-order valence-electron chi connectivity index (χ1n) is 5.31. The highest BCUT2D eigenvalue weighted by molar-refractivity contribution is 6.37. The summed E-state index contributed by atoms with van der Waals surface area (Å²) in [6.07, 6.45) is 6.60. The van der Waals surface area contributed by atoms with Gasteiger partial charge in [0, 0.05) is 10.6 Å². The molecular weight excluding hydrogens is 243 g/mol. The van der Waals surface area contributed by atoms with E-state index in [1.807, 2.05) is 6.08 Å². The molecule has 3 heteroatoms. The number of ketones is 1. The Labute approximate surface area is 106 Å². The molecule has 16 heavy (non-hydrogen) atoms. The van der Waals surface area contributed by atoms with Gasteiger partial charge in [-0.3, -0.25) is 4.79 Å². The SMILES string of the molecule is CCCC/C=C/C(=O)c1ccc(Cl)cc1Cl. The fourth-order valence-electron chi connectivity index (χ4n) is 1.29. The van der Waals surface area contributed by atoms with Crippen LogP contribution < -0.4 is 0 Å². The maximum absolute atomic E-state index is 11.7. The smallest absolute Gasteiger partial charge is 0.187 e. The van der Waals surface area contributed by atoms with Gasteiger partial charge in [-0.05, 0) is 30.7 Å². The number of rotatable bonds is 5. The van der Waals surface area contributed by atoms with Crippen LogP contribution in [-0.2, 0) is 0 Å². The van der Waals surface area contributed by atoms with E-state index in [1.54, 1.807) is 24.3 Å². The molecule has 0 radical (unpaired) electrons. The van der Waals surface area contributed by atoms with Crippen LogP contribution in [0.3, 0.4) is 0 Å². The van der Waals surface area contributed by atoms with Gasteiger partial charge in [0.25, 0.3) is 0 Å². The van der Waals surface area contributed by atoms with E-state index in [0.29, 0.717) is 15.6 Å². The Kier molecular flexibility index (Phi) is 5.58. The van der Waals surface area contributed by atoms with Crippen LogP contribution in [0.15, 0.2) is 30.4 Å². The van der Waals surface area contributed by atoms with E-state index in [4.69, 9.17) is 23.2 Å². The van der Waals surface area contributed by atoms with Crippen LogP contribution in [0.2, 0.25) is 10.0 Å². The zero-order valence-corrected chi connectivity index (χ0v) is 10.7. The maximum atomic E-state index is 11.7. The van der Waals surface area contributed by atoms with Gasteiger partial charge in [0.2, 0.25) is 0 Å². The first-order chi connectivity index (χ1) is 7.65. The fraction of sp³-hybridized carbons (Fsp3) is 0.308. The second kappa shape index (κ2) is 6.72. The molecule has 0 N–H and O–H groups in total. The van der Waals surface area contributed by atoms with E-state index in [-0.39, 0.29) is 5.78 Å². The van der Waals surface area contributed by atoms with Crippen molar-refractivity contribution in [2.45, 2.75) is 26.2 Å². The molecular formula is C13H14Cl2O. The largest absolute Gasteiger partial charge is 0.289 e. The maximum Gasteiger partial charge on any atom is 0.187 e. The number of allylic oxidation sites excluding steroid dienone is 2. The Balaban J connectivity index is 2.69. The summed E-state index contributed by atoms with van der Waals surface area (Å²) >= 11 is 11.7. The molecule has 0 saturated heterocycles. The van der Waals surface area contributed by atoms with Crippen molar-refractivity contribution in [1.82, 2.24) is 0 Å². The Hall–Kier alpha value is -0.790. The Morgan fingerprint density at radius 3 is 2.75 bits per heavy atom. The lowest BCUT2D eigenvalue weighted by atomic mass is 10.1. The average molecular weight is 257 g/mol. The summed E-state index contributed by atoms with van der Waals surface area (Å²) in [7, 11) is 0. The predicted molar refractivity (Wildman–Crippen MR) is 69.5 cm³/mol. The number of unbranched alkanes of at least 4 members (excludes halogenated alkanes) is 2. The molecule has 0 unspecified atom stereocenters. The van der Waals surface area contributed by atoms with E-state index in [0.717, 1.165) is 19.3 Å². The summed E-state index contributed by atoms with van der Waals surface area (Å²) in [5.41, 5.74) is 0.499. The molecule has 0 amide bonds. The van der Waals surface area contributed by atoms with Crippen LogP contribution in [0.5, 0.6) is 0 Å². The van der Waals surface area contributed by atoms with Crippen LogP contribution in [0.25, 0.3) is 0 Å². The molecule has 86 valence electrons. The number of halogens is 2. The Bertz CT molecular complexity index is 397. The lowest BCUT2D eigenvalue weighted by Gasteiger charge is -2.00. The summed E-state index contributed by atoms with van der Waals surface area (Å²) in [6, 6.07) is 4.90. The third-order valence-corrected chi connectivity index (χ3v) is 2.74. The van der Waals surface area contributed by atoms with Crippen molar-refractivity contribution >= 4 is 29.0 Å². The number of carbonyl (C=O) groups excluding carboxylic acids is 1. The molecule has 0 spiro atoms. The van der Waals surface area contributed by atoms with Crippen molar-refractivity contribution in [2.75, 3.05) is 0 Å². The summed E-state index contributed by atoms with van der Waals surface area (Å²) in [5.74, 6) is -0.0715. The molecule has 0 atom stereocenters. The predicted octanol–water partition coefficient (Wildman–Crippen LogP) is 4.92. The van der Waals surface area contributed by atoms with Crippen LogP contribution in [0, 0.1) is 0 Å². The van der Waals surface area contributed by atoms with E-state index in [9.17, 15) is 4.79 Å². The molecule has 0 fully saturated rings. The minimum Gasteiger partial charge on any atom is -0.289 e. The summed E-state index contributed by atoms with van der Waals surface area (Å²) in [5, 5.41) is 0.939. The standard InChI is InChI=1S/C13H14Cl2O/c1-2-3-4-5-6-13(16)11-8-7-10(14)9-12(11)15/h5-9H,2-4H2,1H3/b6-5+. The van der Waals surface area contributed by atoms with Gasteiger partial charge in [0.1, 0.15) is 0 Å². The molecule has 0 aliphatic heterocycles. The van der Waals surface area contributed by atoms with Gasteiger partial charge in [0.15, 0.2) is 5.78 Å². The Morgan fingerprint density at radius 2 is 2.12 bits per heavy atom. The summed E-state index contributed by atoms with van der Waals surface area (Å²) in [6.45, 7) is 2.12. The third kappa shape index (κ3) is 3.99. The molecule has 1 rings (SSSR count). The van der Waals surface area contributed by atoms with E-state index >= 15 is 0 Å². The van der Waals surface area contributed by atoms with E-state index < -0.39 is 0 Å². The zero-order chi connectivity index (χ0) is 12.0. The molecule has 0 aliphatic carbocycles. The van der Waals surface area contributed by atoms with Crippen LogP contribution in [-0.4, -0.2) is 5.78 Å². The molecule has 0 aromatic heterocycles. The number of hydrogen-bond donors (Lipinski definition) is 0. The average Bonchev–Trinajstić information content (AvgIpc) is 2.24. The van der Waals surface area contributed by atoms with Gasteiger partial charge >= 0.3 is 0 Å². The van der Waals surface area contributed by atoms with Crippen molar-refractivity contribution in [3.8, 4) is 0 Å². The van der Waals surface area contributed by atoms with E-state index in [1.165, 1.54) is 0 Å². The van der Waals surface area contributed by atoms with Crippen LogP contribution in [0.1, 0.15) is 36.5 Å². The third-order valence-electron chi connectivity index (χ3n) is 2.19. The van der Waals surface area contributed by atoms with Gasteiger partial charge in [-0.2, -0.15) is 0 Å². The first-order valence-corrected chi connectivity index (χ1v) is 6.06. The highest BCUT2D eigenvalue weighted by atomic mass is 35.5. The minimum absolute atomic E-state index is 0.0715. The monoisotopic (exact) mass is 256 g/mol. The van der Waals surface area contributed by atoms with E-state index in [2.05, 4.69) is 6.92 Å².